The van der Waals surface area contributed by atoms with E-state index < -0.39 is 0 Å². The Kier molecular flexibility index (Phi) is 13.7. The molecule has 3 atom stereocenters. The minimum absolute atomic E-state index is 0.0536. The van der Waals surface area contributed by atoms with Crippen LogP contribution >= 0.6 is 0 Å². The number of rotatable bonds is 17. The first kappa shape index (κ1) is 29.5. The Morgan fingerprint density at radius 2 is 1.00 bits per heavy atom. The summed E-state index contributed by atoms with van der Waals surface area (Å²) in [5.41, 5.74) is 1.43. The molecule has 1 aromatic rings. The van der Waals surface area contributed by atoms with Gasteiger partial charge in [0, 0.05) is 11.1 Å². The molecule has 0 aliphatic heterocycles. The summed E-state index contributed by atoms with van der Waals surface area (Å²) in [7, 11) is 2.95. The maximum Gasteiger partial charge on any atom is 0.207 e. The minimum atomic E-state index is 0.0536. The smallest absolute Gasteiger partial charge is 0.207 e. The molecule has 0 aliphatic rings. The van der Waals surface area contributed by atoms with Crippen LogP contribution in [0.2, 0.25) is 0 Å². The zero-order valence-corrected chi connectivity index (χ0v) is 22.8. The van der Waals surface area contributed by atoms with E-state index in [1.165, 1.54) is 72.0 Å². The van der Waals surface area contributed by atoms with Crippen molar-refractivity contribution in [1.29, 1.82) is 0 Å². The monoisotopic (exact) mass is 464 g/mol. The van der Waals surface area contributed by atoms with Gasteiger partial charge in [-0.2, -0.15) is 0 Å². The quantitative estimate of drug-likeness (QED) is 0.227. The van der Waals surface area contributed by atoms with Crippen LogP contribution in [0.1, 0.15) is 110 Å². The summed E-state index contributed by atoms with van der Waals surface area (Å²) in [6.07, 6.45) is 13.7. The molecule has 0 fully saturated rings. The van der Waals surface area contributed by atoms with Crippen molar-refractivity contribution in [2.24, 2.45) is 23.7 Å². The number of aromatic hydroxyl groups is 2. The van der Waals surface area contributed by atoms with Gasteiger partial charge < -0.3 is 19.7 Å². The van der Waals surface area contributed by atoms with Crippen molar-refractivity contribution in [3.05, 3.63) is 11.1 Å². The normalized spacial score (nSPS) is 14.3. The Balaban J connectivity index is 2.35. The Morgan fingerprint density at radius 1 is 0.606 bits per heavy atom. The molecule has 1 rings (SSSR count). The van der Waals surface area contributed by atoms with E-state index in [1.807, 2.05) is 6.92 Å². The third kappa shape index (κ3) is 10.1. The van der Waals surface area contributed by atoms with E-state index in [2.05, 4.69) is 34.6 Å². The van der Waals surface area contributed by atoms with E-state index in [9.17, 15) is 10.2 Å². The molecule has 0 amide bonds. The van der Waals surface area contributed by atoms with Crippen molar-refractivity contribution < 1.29 is 19.7 Å². The van der Waals surface area contributed by atoms with Gasteiger partial charge in [-0.3, -0.25) is 0 Å². The maximum absolute atomic E-state index is 10.6. The molecule has 0 unspecified atom stereocenters. The van der Waals surface area contributed by atoms with E-state index in [4.69, 9.17) is 9.47 Å². The molecule has 0 heterocycles. The fourth-order valence-corrected chi connectivity index (χ4v) is 4.86. The summed E-state index contributed by atoms with van der Waals surface area (Å²) in [6, 6.07) is 0. The van der Waals surface area contributed by atoms with Gasteiger partial charge in [0.2, 0.25) is 11.5 Å². The second-order valence-electron chi connectivity index (χ2n) is 10.9. The van der Waals surface area contributed by atoms with Crippen LogP contribution in [0.3, 0.4) is 0 Å². The van der Waals surface area contributed by atoms with Crippen LogP contribution in [0.15, 0.2) is 0 Å². The van der Waals surface area contributed by atoms with Gasteiger partial charge in [0.15, 0.2) is 11.5 Å². The van der Waals surface area contributed by atoms with Crippen molar-refractivity contribution in [3.63, 3.8) is 0 Å². The lowest BCUT2D eigenvalue weighted by molar-refractivity contribution is 0.313. The minimum Gasteiger partial charge on any atom is -0.504 e. The van der Waals surface area contributed by atoms with E-state index >= 15 is 0 Å². The van der Waals surface area contributed by atoms with Crippen LogP contribution in [-0.4, -0.2) is 24.4 Å². The number of hydrogen-bond donors (Lipinski definition) is 2. The van der Waals surface area contributed by atoms with Crippen LogP contribution in [0.5, 0.6) is 23.0 Å². The fraction of sp³-hybridized carbons (Fsp3) is 0.793. The first-order chi connectivity index (χ1) is 15.6. The fourth-order valence-electron chi connectivity index (χ4n) is 4.86. The highest BCUT2D eigenvalue weighted by Crippen LogP contribution is 2.48. The lowest BCUT2D eigenvalue weighted by Crippen LogP contribution is -2.03. The lowest BCUT2D eigenvalue weighted by atomic mass is 9.89. The van der Waals surface area contributed by atoms with Crippen LogP contribution in [0.4, 0.5) is 0 Å². The van der Waals surface area contributed by atoms with Gasteiger partial charge in [-0.15, -0.1) is 0 Å². The number of benzene rings is 1. The molecule has 1 aromatic carbocycles. The number of hydrogen-bond acceptors (Lipinski definition) is 4. The van der Waals surface area contributed by atoms with Gasteiger partial charge in [-0.1, -0.05) is 92.4 Å². The number of methoxy groups -OCH3 is 2. The lowest BCUT2D eigenvalue weighted by Gasteiger charge is -2.19. The topological polar surface area (TPSA) is 58.9 Å². The highest BCUT2D eigenvalue weighted by Gasteiger charge is 2.23. The van der Waals surface area contributed by atoms with Gasteiger partial charge in [-0.05, 0) is 43.4 Å². The van der Waals surface area contributed by atoms with Crippen molar-refractivity contribution in [3.8, 4) is 23.0 Å². The molecule has 0 saturated carbocycles. The average molecular weight is 465 g/mol. The van der Waals surface area contributed by atoms with Crippen molar-refractivity contribution in [1.82, 2.24) is 0 Å². The molecular weight excluding hydrogens is 412 g/mol. The van der Waals surface area contributed by atoms with Gasteiger partial charge in [0.1, 0.15) is 0 Å². The number of phenols is 2. The first-order valence-electron chi connectivity index (χ1n) is 13.3. The van der Waals surface area contributed by atoms with Crippen molar-refractivity contribution in [2.75, 3.05) is 14.2 Å². The van der Waals surface area contributed by atoms with Gasteiger partial charge in [-0.25, -0.2) is 0 Å². The van der Waals surface area contributed by atoms with E-state index in [0.29, 0.717) is 11.5 Å². The third-order valence-corrected chi connectivity index (χ3v) is 7.29. The van der Waals surface area contributed by atoms with Crippen LogP contribution in [0.25, 0.3) is 0 Å². The van der Waals surface area contributed by atoms with Crippen LogP contribution < -0.4 is 9.47 Å². The summed E-state index contributed by atoms with van der Waals surface area (Å²) < 4.78 is 10.5. The first-order valence-corrected chi connectivity index (χ1v) is 13.3. The Morgan fingerprint density at radius 3 is 1.42 bits per heavy atom. The molecule has 33 heavy (non-hydrogen) atoms. The van der Waals surface area contributed by atoms with E-state index in [0.717, 1.165) is 36.2 Å². The summed E-state index contributed by atoms with van der Waals surface area (Å²) in [5, 5.41) is 21.1. The summed E-state index contributed by atoms with van der Waals surface area (Å²) >= 11 is 0. The summed E-state index contributed by atoms with van der Waals surface area (Å²) in [5.74, 6) is 3.63. The maximum atomic E-state index is 10.6. The molecule has 0 aromatic heterocycles. The molecular formula is C29H52O4. The molecule has 0 radical (unpaired) electrons. The van der Waals surface area contributed by atoms with Crippen LogP contribution in [0, 0.1) is 30.6 Å². The SMILES string of the molecule is COc1c(O)c(C)c(CC[C@H](C)CCC[C@@H](C)CCC[C@H](C)CCCC(C)C)c(O)c1OC. The molecule has 4 heteroatoms. The molecule has 4 nitrogen and oxygen atoms in total. The number of ether oxygens (including phenoxy) is 2. The zero-order valence-electron chi connectivity index (χ0n) is 22.8. The molecule has 0 saturated heterocycles. The molecule has 2 N–H and O–H groups in total. The van der Waals surface area contributed by atoms with Crippen LogP contribution in [-0.2, 0) is 6.42 Å². The second kappa shape index (κ2) is 15.3. The Bertz CT molecular complexity index is 683. The van der Waals surface area contributed by atoms with Crippen molar-refractivity contribution >= 4 is 0 Å². The van der Waals surface area contributed by atoms with Gasteiger partial charge in [0.25, 0.3) is 0 Å². The largest absolute Gasteiger partial charge is 0.504 e. The predicted molar refractivity (Wildman–Crippen MR) is 140 cm³/mol. The molecule has 0 spiro atoms. The Hall–Kier alpha value is -1.58. The predicted octanol–water partition coefficient (Wildman–Crippen LogP) is 8.43. The van der Waals surface area contributed by atoms with Crippen molar-refractivity contribution in [2.45, 2.75) is 112 Å². The number of phenolic OH excluding ortho intramolecular Hbond substituents is 2. The molecule has 0 bridgehead atoms. The zero-order chi connectivity index (χ0) is 25.0. The average Bonchev–Trinajstić information content (AvgIpc) is 2.75. The van der Waals surface area contributed by atoms with Gasteiger partial charge in [0.05, 0.1) is 14.2 Å². The molecule has 0 aliphatic carbocycles. The second-order valence-corrected chi connectivity index (χ2v) is 10.9. The molecule has 192 valence electrons. The highest BCUT2D eigenvalue weighted by atomic mass is 16.5. The third-order valence-electron chi connectivity index (χ3n) is 7.29. The summed E-state index contributed by atoms with van der Waals surface area (Å²) in [6.45, 7) is 13.6. The standard InChI is InChI=1S/C29H52O4/c1-20(2)12-9-13-21(3)14-10-15-22(4)16-11-17-23(5)18-19-25-24(6)26(30)28(32-7)29(33-8)27(25)31/h20-23,30-31H,9-19H2,1-8H3/t21-,22+,23-/m1/s1. The highest BCUT2D eigenvalue weighted by molar-refractivity contribution is 5.65. The Labute approximate surface area is 204 Å². The van der Waals surface area contributed by atoms with E-state index in [-0.39, 0.29) is 23.0 Å². The van der Waals surface area contributed by atoms with Gasteiger partial charge >= 0.3 is 0 Å². The summed E-state index contributed by atoms with van der Waals surface area (Å²) in [4.78, 5) is 0. The van der Waals surface area contributed by atoms with E-state index in [1.54, 1.807) is 0 Å².